The van der Waals surface area contributed by atoms with Gasteiger partial charge in [-0.3, -0.25) is 9.78 Å². The van der Waals surface area contributed by atoms with Crippen LogP contribution in [0.15, 0.2) is 18.3 Å². The Morgan fingerprint density at radius 3 is 2.79 bits per heavy atom. The monoisotopic (exact) mass is 191 g/mol. The summed E-state index contributed by atoms with van der Waals surface area (Å²) in [6, 6.07) is 3.67. The molecule has 2 nitrogen and oxygen atoms in total. The molecular formula is C12H17NO. The number of rotatable bonds is 4. The minimum Gasteiger partial charge on any atom is -0.294 e. The standard InChI is InChI=1S/C12H17NO/c1-9(2)6-7-12(14)11-5-4-8-13-10(11)3/h4-5,8-9H,6-7H2,1-3H3. The van der Waals surface area contributed by atoms with Crippen molar-refractivity contribution in [3.05, 3.63) is 29.6 Å². The summed E-state index contributed by atoms with van der Waals surface area (Å²) in [5.74, 6) is 0.792. The Bertz CT molecular complexity index is 318. The first-order chi connectivity index (χ1) is 6.61. The van der Waals surface area contributed by atoms with Crippen LogP contribution in [0.1, 0.15) is 42.7 Å². The summed E-state index contributed by atoms with van der Waals surface area (Å²) in [6.45, 7) is 6.13. The highest BCUT2D eigenvalue weighted by atomic mass is 16.1. The van der Waals surface area contributed by atoms with Crippen LogP contribution >= 0.6 is 0 Å². The number of Topliss-reactive ketones (excluding diaryl/α,β-unsaturated/α-hetero) is 1. The highest BCUT2D eigenvalue weighted by molar-refractivity contribution is 5.96. The molecule has 0 fully saturated rings. The molecule has 1 rings (SSSR count). The number of carbonyl (C=O) groups is 1. The quantitative estimate of drug-likeness (QED) is 0.685. The zero-order chi connectivity index (χ0) is 10.6. The van der Waals surface area contributed by atoms with Crippen molar-refractivity contribution in [3.8, 4) is 0 Å². The average molecular weight is 191 g/mol. The van der Waals surface area contributed by atoms with Crippen LogP contribution in [0.3, 0.4) is 0 Å². The smallest absolute Gasteiger partial charge is 0.164 e. The van der Waals surface area contributed by atoms with Crippen LogP contribution in [0.4, 0.5) is 0 Å². The van der Waals surface area contributed by atoms with Gasteiger partial charge in [0.15, 0.2) is 5.78 Å². The van der Waals surface area contributed by atoms with Gasteiger partial charge in [-0.05, 0) is 31.4 Å². The predicted octanol–water partition coefficient (Wildman–Crippen LogP) is 3.01. The third-order valence-electron chi connectivity index (χ3n) is 2.26. The van der Waals surface area contributed by atoms with Crippen molar-refractivity contribution in [2.45, 2.75) is 33.6 Å². The fraction of sp³-hybridized carbons (Fsp3) is 0.500. The molecule has 1 aromatic heterocycles. The van der Waals surface area contributed by atoms with Gasteiger partial charge < -0.3 is 0 Å². The predicted molar refractivity (Wildman–Crippen MR) is 57.4 cm³/mol. The van der Waals surface area contributed by atoms with Gasteiger partial charge in [0.2, 0.25) is 0 Å². The molecule has 0 unspecified atom stereocenters. The first-order valence-corrected chi connectivity index (χ1v) is 5.06. The summed E-state index contributed by atoms with van der Waals surface area (Å²) in [6.07, 6.45) is 3.30. The van der Waals surface area contributed by atoms with Crippen LogP contribution in [0.25, 0.3) is 0 Å². The Labute approximate surface area is 85.4 Å². The van der Waals surface area contributed by atoms with Crippen LogP contribution < -0.4 is 0 Å². The van der Waals surface area contributed by atoms with E-state index in [4.69, 9.17) is 0 Å². The van der Waals surface area contributed by atoms with Gasteiger partial charge in [0.05, 0.1) is 0 Å². The number of hydrogen-bond acceptors (Lipinski definition) is 2. The largest absolute Gasteiger partial charge is 0.294 e. The molecular weight excluding hydrogens is 174 g/mol. The van der Waals surface area contributed by atoms with Gasteiger partial charge in [-0.2, -0.15) is 0 Å². The van der Waals surface area contributed by atoms with Crippen molar-refractivity contribution >= 4 is 5.78 Å². The van der Waals surface area contributed by atoms with Crippen LogP contribution in [-0.2, 0) is 0 Å². The lowest BCUT2D eigenvalue weighted by Crippen LogP contribution is -2.04. The van der Waals surface area contributed by atoms with E-state index in [0.717, 1.165) is 17.7 Å². The molecule has 0 aliphatic carbocycles. The van der Waals surface area contributed by atoms with E-state index >= 15 is 0 Å². The Morgan fingerprint density at radius 1 is 1.50 bits per heavy atom. The zero-order valence-corrected chi connectivity index (χ0v) is 9.08. The van der Waals surface area contributed by atoms with Crippen molar-refractivity contribution in [3.63, 3.8) is 0 Å². The van der Waals surface area contributed by atoms with Gasteiger partial charge in [-0.25, -0.2) is 0 Å². The second kappa shape index (κ2) is 4.89. The summed E-state index contributed by atoms with van der Waals surface area (Å²) in [5.41, 5.74) is 1.61. The van der Waals surface area contributed by atoms with E-state index in [1.165, 1.54) is 0 Å². The SMILES string of the molecule is Cc1ncccc1C(=O)CCC(C)C. The average Bonchev–Trinajstić information content (AvgIpc) is 2.15. The van der Waals surface area contributed by atoms with E-state index in [0.29, 0.717) is 12.3 Å². The molecule has 0 bridgehead atoms. The molecule has 0 aliphatic heterocycles. The molecule has 0 saturated heterocycles. The molecule has 0 aliphatic rings. The highest BCUT2D eigenvalue weighted by Gasteiger charge is 2.09. The first kappa shape index (κ1) is 10.9. The molecule has 1 aromatic rings. The fourth-order valence-corrected chi connectivity index (χ4v) is 1.33. The Balaban J connectivity index is 2.65. The summed E-state index contributed by atoms with van der Waals surface area (Å²) in [4.78, 5) is 15.8. The molecule has 1 heterocycles. The van der Waals surface area contributed by atoms with Crippen LogP contribution in [-0.4, -0.2) is 10.8 Å². The van der Waals surface area contributed by atoms with Crippen molar-refractivity contribution in [1.29, 1.82) is 0 Å². The third-order valence-corrected chi connectivity index (χ3v) is 2.26. The molecule has 76 valence electrons. The topological polar surface area (TPSA) is 30.0 Å². The number of pyridine rings is 1. The first-order valence-electron chi connectivity index (χ1n) is 5.06. The van der Waals surface area contributed by atoms with E-state index in [2.05, 4.69) is 18.8 Å². The molecule has 0 N–H and O–H groups in total. The van der Waals surface area contributed by atoms with Gasteiger partial charge in [-0.1, -0.05) is 13.8 Å². The molecule has 0 saturated carbocycles. The highest BCUT2D eigenvalue weighted by Crippen LogP contribution is 2.11. The second-order valence-electron chi connectivity index (χ2n) is 3.99. The maximum absolute atomic E-state index is 11.7. The number of nitrogens with zero attached hydrogens (tertiary/aromatic N) is 1. The maximum Gasteiger partial charge on any atom is 0.164 e. The van der Waals surface area contributed by atoms with Gasteiger partial charge in [0.1, 0.15) is 0 Å². The lowest BCUT2D eigenvalue weighted by molar-refractivity contribution is 0.0974. The number of carbonyl (C=O) groups excluding carboxylic acids is 1. The van der Waals surface area contributed by atoms with Crippen molar-refractivity contribution in [2.24, 2.45) is 5.92 Å². The normalized spacial score (nSPS) is 10.6. The van der Waals surface area contributed by atoms with Crippen molar-refractivity contribution < 1.29 is 4.79 Å². The number of hydrogen-bond donors (Lipinski definition) is 0. The molecule has 0 spiro atoms. The van der Waals surface area contributed by atoms with Crippen LogP contribution in [0.2, 0.25) is 0 Å². The Hall–Kier alpha value is -1.18. The minimum atomic E-state index is 0.212. The Kier molecular flexibility index (Phi) is 3.81. The minimum absolute atomic E-state index is 0.212. The summed E-state index contributed by atoms with van der Waals surface area (Å²) < 4.78 is 0. The van der Waals surface area contributed by atoms with E-state index in [-0.39, 0.29) is 5.78 Å². The molecule has 14 heavy (non-hydrogen) atoms. The zero-order valence-electron chi connectivity index (χ0n) is 9.08. The van der Waals surface area contributed by atoms with E-state index < -0.39 is 0 Å². The lowest BCUT2D eigenvalue weighted by Gasteiger charge is -2.05. The molecule has 0 radical (unpaired) electrons. The fourth-order valence-electron chi connectivity index (χ4n) is 1.33. The number of aromatic nitrogens is 1. The van der Waals surface area contributed by atoms with Gasteiger partial charge in [0.25, 0.3) is 0 Å². The summed E-state index contributed by atoms with van der Waals surface area (Å²) in [7, 11) is 0. The maximum atomic E-state index is 11.7. The molecule has 0 aromatic carbocycles. The molecule has 0 amide bonds. The summed E-state index contributed by atoms with van der Waals surface area (Å²) >= 11 is 0. The number of ketones is 1. The second-order valence-corrected chi connectivity index (χ2v) is 3.99. The molecule has 2 heteroatoms. The van der Waals surface area contributed by atoms with Crippen LogP contribution in [0, 0.1) is 12.8 Å². The van der Waals surface area contributed by atoms with Gasteiger partial charge in [0, 0.05) is 23.9 Å². The van der Waals surface area contributed by atoms with Crippen molar-refractivity contribution in [2.75, 3.05) is 0 Å². The van der Waals surface area contributed by atoms with Crippen molar-refractivity contribution in [1.82, 2.24) is 4.98 Å². The van der Waals surface area contributed by atoms with E-state index in [1.54, 1.807) is 6.20 Å². The van der Waals surface area contributed by atoms with E-state index in [9.17, 15) is 4.79 Å². The van der Waals surface area contributed by atoms with Gasteiger partial charge in [-0.15, -0.1) is 0 Å². The number of aryl methyl sites for hydroxylation is 1. The molecule has 0 atom stereocenters. The summed E-state index contributed by atoms with van der Waals surface area (Å²) in [5, 5.41) is 0. The lowest BCUT2D eigenvalue weighted by atomic mass is 10.0. The third kappa shape index (κ3) is 2.95. The Morgan fingerprint density at radius 2 is 2.21 bits per heavy atom. The van der Waals surface area contributed by atoms with Gasteiger partial charge >= 0.3 is 0 Å². The van der Waals surface area contributed by atoms with Crippen LogP contribution in [0.5, 0.6) is 0 Å². The van der Waals surface area contributed by atoms with E-state index in [1.807, 2.05) is 19.1 Å².